The Labute approximate surface area is 122 Å². The molecule has 0 saturated heterocycles. The number of hydrogen-bond acceptors (Lipinski definition) is 4. The zero-order valence-corrected chi connectivity index (χ0v) is 11.8. The fourth-order valence-corrected chi connectivity index (χ4v) is 2.00. The van der Waals surface area contributed by atoms with E-state index >= 15 is 0 Å². The number of primary amides is 1. The fourth-order valence-electron chi connectivity index (χ4n) is 1.83. The van der Waals surface area contributed by atoms with Gasteiger partial charge in [0.1, 0.15) is 11.0 Å². The van der Waals surface area contributed by atoms with Crippen LogP contribution in [0.25, 0.3) is 11.4 Å². The molecule has 0 radical (unpaired) electrons. The van der Waals surface area contributed by atoms with Gasteiger partial charge < -0.3 is 10.6 Å². The number of nitrogens with zero attached hydrogens (tertiary/aromatic N) is 3. The minimum atomic E-state index is -0.414. The van der Waals surface area contributed by atoms with Crippen molar-refractivity contribution >= 4 is 23.3 Å². The summed E-state index contributed by atoms with van der Waals surface area (Å²) in [6.45, 7) is 2.61. The normalized spacial score (nSPS) is 10.3. The fraction of sp³-hybridized carbons (Fsp3) is 0.214. The maximum Gasteiger partial charge on any atom is 0.236 e. The Kier molecular flexibility index (Phi) is 4.53. The molecule has 104 valence electrons. The molecule has 0 bridgehead atoms. The van der Waals surface area contributed by atoms with Gasteiger partial charge in [0.2, 0.25) is 5.91 Å². The number of amides is 1. The lowest BCUT2D eigenvalue weighted by Crippen LogP contribution is -2.34. The number of carbonyl (C=O) groups is 1. The Morgan fingerprint density at radius 3 is 2.60 bits per heavy atom. The molecule has 2 N–H and O–H groups in total. The van der Waals surface area contributed by atoms with Gasteiger partial charge in [-0.2, -0.15) is 0 Å². The summed E-state index contributed by atoms with van der Waals surface area (Å²) >= 11 is 6.04. The summed E-state index contributed by atoms with van der Waals surface area (Å²) in [5.41, 5.74) is 6.10. The van der Waals surface area contributed by atoms with Gasteiger partial charge in [0, 0.05) is 18.2 Å². The predicted molar refractivity (Wildman–Crippen MR) is 79.6 cm³/mol. The molecule has 1 aromatic carbocycles. The Morgan fingerprint density at radius 1 is 1.30 bits per heavy atom. The predicted octanol–water partition coefficient (Wildman–Crippen LogP) is 2.11. The summed E-state index contributed by atoms with van der Waals surface area (Å²) in [7, 11) is 0. The van der Waals surface area contributed by atoms with Gasteiger partial charge in [-0.3, -0.25) is 4.79 Å². The molecule has 2 aromatic rings. The van der Waals surface area contributed by atoms with Crippen LogP contribution in [0.4, 0.5) is 5.82 Å². The highest BCUT2D eigenvalue weighted by molar-refractivity contribution is 6.29. The van der Waals surface area contributed by atoms with Gasteiger partial charge in [-0.15, -0.1) is 0 Å². The molecule has 0 unspecified atom stereocenters. The van der Waals surface area contributed by atoms with E-state index < -0.39 is 5.91 Å². The lowest BCUT2D eigenvalue weighted by molar-refractivity contribution is -0.116. The van der Waals surface area contributed by atoms with Gasteiger partial charge in [0.15, 0.2) is 5.82 Å². The maximum absolute atomic E-state index is 11.1. The van der Waals surface area contributed by atoms with Crippen LogP contribution in [0.5, 0.6) is 0 Å². The van der Waals surface area contributed by atoms with Crippen molar-refractivity contribution in [3.05, 3.63) is 41.6 Å². The summed E-state index contributed by atoms with van der Waals surface area (Å²) in [5.74, 6) is 0.698. The van der Waals surface area contributed by atoms with E-state index in [1.165, 1.54) is 0 Å². The molecular weight excluding hydrogens is 276 g/mol. The molecule has 0 aliphatic rings. The van der Waals surface area contributed by atoms with E-state index in [2.05, 4.69) is 9.97 Å². The Morgan fingerprint density at radius 2 is 2.00 bits per heavy atom. The first kappa shape index (κ1) is 14.3. The van der Waals surface area contributed by atoms with Crippen molar-refractivity contribution in [2.45, 2.75) is 6.92 Å². The van der Waals surface area contributed by atoms with E-state index in [0.29, 0.717) is 23.3 Å². The maximum atomic E-state index is 11.1. The Bertz CT molecular complexity index is 603. The first-order valence-corrected chi connectivity index (χ1v) is 6.61. The minimum Gasteiger partial charge on any atom is -0.368 e. The highest BCUT2D eigenvalue weighted by Gasteiger charge is 2.12. The molecule has 0 spiro atoms. The molecular formula is C14H15ClN4O. The monoisotopic (exact) mass is 290 g/mol. The number of hydrogen-bond donors (Lipinski definition) is 1. The second-order valence-electron chi connectivity index (χ2n) is 4.22. The summed E-state index contributed by atoms with van der Waals surface area (Å²) in [6.07, 6.45) is 0. The van der Waals surface area contributed by atoms with E-state index in [9.17, 15) is 4.79 Å². The van der Waals surface area contributed by atoms with Crippen molar-refractivity contribution in [3.63, 3.8) is 0 Å². The zero-order chi connectivity index (χ0) is 14.5. The van der Waals surface area contributed by atoms with Crippen LogP contribution in [0.2, 0.25) is 5.15 Å². The smallest absolute Gasteiger partial charge is 0.236 e. The highest BCUT2D eigenvalue weighted by atomic mass is 35.5. The average molecular weight is 291 g/mol. The summed E-state index contributed by atoms with van der Waals surface area (Å²) in [6, 6.07) is 11.2. The van der Waals surface area contributed by atoms with E-state index in [-0.39, 0.29) is 6.54 Å². The van der Waals surface area contributed by atoms with Gasteiger partial charge in [0.25, 0.3) is 0 Å². The van der Waals surface area contributed by atoms with Crippen LogP contribution in [-0.4, -0.2) is 29.0 Å². The van der Waals surface area contributed by atoms with Gasteiger partial charge in [0.05, 0.1) is 6.54 Å². The number of rotatable bonds is 5. The molecule has 1 amide bonds. The number of benzene rings is 1. The van der Waals surface area contributed by atoms with Crippen LogP contribution in [-0.2, 0) is 4.79 Å². The summed E-state index contributed by atoms with van der Waals surface area (Å²) < 4.78 is 0. The number of likely N-dealkylation sites (N-methyl/N-ethyl adjacent to an activating group) is 1. The number of aromatic nitrogens is 2. The highest BCUT2D eigenvalue weighted by Crippen LogP contribution is 2.22. The van der Waals surface area contributed by atoms with E-state index in [4.69, 9.17) is 17.3 Å². The van der Waals surface area contributed by atoms with E-state index in [1.807, 2.05) is 37.3 Å². The molecule has 1 heterocycles. The third kappa shape index (κ3) is 3.45. The zero-order valence-electron chi connectivity index (χ0n) is 11.1. The summed E-state index contributed by atoms with van der Waals surface area (Å²) in [5, 5.41) is 0.330. The van der Waals surface area contributed by atoms with E-state index in [1.54, 1.807) is 11.0 Å². The van der Waals surface area contributed by atoms with Crippen molar-refractivity contribution in [2.75, 3.05) is 18.0 Å². The summed E-state index contributed by atoms with van der Waals surface area (Å²) in [4.78, 5) is 21.5. The lowest BCUT2D eigenvalue weighted by atomic mass is 10.2. The first-order valence-electron chi connectivity index (χ1n) is 6.23. The molecule has 0 saturated carbocycles. The molecule has 20 heavy (non-hydrogen) atoms. The Hall–Kier alpha value is -2.14. The van der Waals surface area contributed by atoms with Crippen molar-refractivity contribution in [2.24, 2.45) is 5.73 Å². The third-order valence-electron chi connectivity index (χ3n) is 2.77. The van der Waals surface area contributed by atoms with Crippen LogP contribution in [0.15, 0.2) is 36.4 Å². The quantitative estimate of drug-likeness (QED) is 0.856. The van der Waals surface area contributed by atoms with Gasteiger partial charge in [-0.25, -0.2) is 9.97 Å². The second-order valence-corrected chi connectivity index (χ2v) is 4.61. The van der Waals surface area contributed by atoms with Gasteiger partial charge >= 0.3 is 0 Å². The molecule has 1 aromatic heterocycles. The topological polar surface area (TPSA) is 72.1 Å². The standard InChI is InChI=1S/C14H15ClN4O/c1-2-19(9-12(16)20)13-8-11(15)17-14(18-13)10-6-4-3-5-7-10/h3-8H,2,9H2,1H3,(H2,16,20). The van der Waals surface area contributed by atoms with Crippen LogP contribution in [0.3, 0.4) is 0 Å². The van der Waals surface area contributed by atoms with Crippen LogP contribution >= 0.6 is 11.6 Å². The molecule has 5 nitrogen and oxygen atoms in total. The SMILES string of the molecule is CCN(CC(N)=O)c1cc(Cl)nc(-c2ccccc2)n1. The van der Waals surface area contributed by atoms with Gasteiger partial charge in [-0.1, -0.05) is 41.9 Å². The number of halogens is 1. The van der Waals surface area contributed by atoms with Crippen LogP contribution in [0.1, 0.15) is 6.92 Å². The molecule has 2 rings (SSSR count). The van der Waals surface area contributed by atoms with Crippen molar-refractivity contribution in [3.8, 4) is 11.4 Å². The number of nitrogens with two attached hydrogens (primary N) is 1. The number of anilines is 1. The molecule has 6 heteroatoms. The lowest BCUT2D eigenvalue weighted by Gasteiger charge is -2.20. The Balaban J connectivity index is 2.40. The largest absolute Gasteiger partial charge is 0.368 e. The van der Waals surface area contributed by atoms with Crippen LogP contribution in [0, 0.1) is 0 Å². The number of carbonyl (C=O) groups excluding carboxylic acids is 1. The molecule has 0 aliphatic heterocycles. The first-order chi connectivity index (χ1) is 9.60. The van der Waals surface area contributed by atoms with E-state index in [0.717, 1.165) is 5.56 Å². The third-order valence-corrected chi connectivity index (χ3v) is 2.96. The molecule has 0 fully saturated rings. The molecule has 0 atom stereocenters. The molecule has 0 aliphatic carbocycles. The van der Waals surface area contributed by atoms with Crippen molar-refractivity contribution in [1.82, 2.24) is 9.97 Å². The minimum absolute atomic E-state index is 0.0953. The van der Waals surface area contributed by atoms with Crippen molar-refractivity contribution < 1.29 is 4.79 Å². The van der Waals surface area contributed by atoms with Gasteiger partial charge in [-0.05, 0) is 6.92 Å². The van der Waals surface area contributed by atoms with Crippen LogP contribution < -0.4 is 10.6 Å². The van der Waals surface area contributed by atoms with Crippen molar-refractivity contribution in [1.29, 1.82) is 0 Å². The second kappa shape index (κ2) is 6.34. The average Bonchev–Trinajstić information content (AvgIpc) is 2.45.